The Labute approximate surface area is 170 Å². The van der Waals surface area contributed by atoms with Crippen molar-refractivity contribution in [2.24, 2.45) is 5.92 Å². The number of nitrogens with zero attached hydrogens (tertiary/aromatic N) is 1. The van der Waals surface area contributed by atoms with Gasteiger partial charge in [-0.3, -0.25) is 9.59 Å². The number of nitrogens with one attached hydrogen (secondary N) is 2. The van der Waals surface area contributed by atoms with E-state index in [1.54, 1.807) is 26.0 Å². The van der Waals surface area contributed by atoms with Crippen molar-refractivity contribution in [2.45, 2.75) is 26.3 Å². The second-order valence-electron chi connectivity index (χ2n) is 7.53. The topological polar surface area (TPSA) is 61.4 Å². The Balaban J connectivity index is 2.07. The maximum Gasteiger partial charge on any atom is 0.257 e. The van der Waals surface area contributed by atoms with E-state index in [0.29, 0.717) is 5.69 Å². The first-order chi connectivity index (χ1) is 13.7. The van der Waals surface area contributed by atoms with E-state index in [9.17, 15) is 18.4 Å². The average Bonchev–Trinajstić information content (AvgIpc) is 2.65. The van der Waals surface area contributed by atoms with Gasteiger partial charge in [-0.25, -0.2) is 8.78 Å². The number of hydrogen-bond acceptors (Lipinski definition) is 3. The number of amides is 2. The fourth-order valence-electron chi connectivity index (χ4n) is 2.79. The van der Waals surface area contributed by atoms with Crippen LogP contribution in [0.3, 0.4) is 0 Å². The first-order valence-electron chi connectivity index (χ1n) is 9.48. The molecular formula is C22H27F2N3O2. The van der Waals surface area contributed by atoms with Gasteiger partial charge in [-0.05, 0) is 56.3 Å². The van der Waals surface area contributed by atoms with Crippen LogP contribution in [0.15, 0.2) is 42.5 Å². The predicted molar refractivity (Wildman–Crippen MR) is 110 cm³/mol. The molecule has 5 nitrogen and oxygen atoms in total. The van der Waals surface area contributed by atoms with Crippen molar-refractivity contribution in [2.75, 3.05) is 26.0 Å². The summed E-state index contributed by atoms with van der Waals surface area (Å²) in [6, 6.07) is 9.66. The van der Waals surface area contributed by atoms with E-state index in [1.807, 2.05) is 26.2 Å². The zero-order chi connectivity index (χ0) is 21.6. The van der Waals surface area contributed by atoms with Crippen molar-refractivity contribution < 1.29 is 18.4 Å². The van der Waals surface area contributed by atoms with Gasteiger partial charge in [0.05, 0.1) is 0 Å². The average molecular weight is 403 g/mol. The lowest BCUT2D eigenvalue weighted by Gasteiger charge is -2.22. The highest BCUT2D eigenvalue weighted by atomic mass is 19.1. The van der Waals surface area contributed by atoms with Crippen LogP contribution in [0.4, 0.5) is 14.5 Å². The molecule has 0 aliphatic carbocycles. The van der Waals surface area contributed by atoms with Gasteiger partial charge >= 0.3 is 0 Å². The quantitative estimate of drug-likeness (QED) is 0.710. The lowest BCUT2D eigenvalue weighted by molar-refractivity contribution is -0.118. The highest BCUT2D eigenvalue weighted by Crippen LogP contribution is 2.15. The zero-order valence-corrected chi connectivity index (χ0v) is 17.1. The van der Waals surface area contributed by atoms with Gasteiger partial charge in [0.1, 0.15) is 23.2 Å². The fourth-order valence-corrected chi connectivity index (χ4v) is 2.79. The van der Waals surface area contributed by atoms with E-state index in [2.05, 4.69) is 15.5 Å². The smallest absolute Gasteiger partial charge is 0.257 e. The monoisotopic (exact) mass is 403 g/mol. The molecule has 0 saturated carbocycles. The maximum absolute atomic E-state index is 13.8. The molecule has 2 aromatic rings. The molecule has 0 saturated heterocycles. The van der Waals surface area contributed by atoms with Gasteiger partial charge in [-0.1, -0.05) is 32.0 Å². The summed E-state index contributed by atoms with van der Waals surface area (Å²) in [5, 5.41) is 5.19. The molecule has 2 aromatic carbocycles. The molecule has 0 aromatic heterocycles. The SMILES string of the molecule is CC(C)[C@H](NC(=O)c1c(F)cccc1F)C(=O)Nc1ccc(CCN(C)C)cc1. The number of likely N-dealkylation sites (N-methyl/N-ethyl adjacent to an activating group) is 1. The molecule has 156 valence electrons. The van der Waals surface area contributed by atoms with E-state index in [1.165, 1.54) is 6.07 Å². The van der Waals surface area contributed by atoms with Crippen LogP contribution in [-0.4, -0.2) is 43.4 Å². The van der Waals surface area contributed by atoms with Crippen molar-refractivity contribution in [3.63, 3.8) is 0 Å². The number of carbonyl (C=O) groups excluding carboxylic acids is 2. The molecule has 7 heteroatoms. The maximum atomic E-state index is 13.8. The number of benzene rings is 2. The van der Waals surface area contributed by atoms with Gasteiger partial charge in [0.25, 0.3) is 5.91 Å². The first-order valence-corrected chi connectivity index (χ1v) is 9.48. The molecule has 2 amide bonds. The Morgan fingerprint density at radius 2 is 1.59 bits per heavy atom. The Kier molecular flexibility index (Phi) is 7.84. The summed E-state index contributed by atoms with van der Waals surface area (Å²) in [5.41, 5.74) is 1.03. The third kappa shape index (κ3) is 6.35. The number of hydrogen-bond donors (Lipinski definition) is 2. The highest BCUT2D eigenvalue weighted by Gasteiger charge is 2.27. The van der Waals surface area contributed by atoms with E-state index in [-0.39, 0.29) is 5.92 Å². The second kappa shape index (κ2) is 10.1. The minimum Gasteiger partial charge on any atom is -0.340 e. The van der Waals surface area contributed by atoms with Gasteiger partial charge < -0.3 is 15.5 Å². The minimum atomic E-state index is -0.973. The number of anilines is 1. The van der Waals surface area contributed by atoms with E-state index >= 15 is 0 Å². The molecule has 1 atom stereocenters. The molecule has 29 heavy (non-hydrogen) atoms. The summed E-state index contributed by atoms with van der Waals surface area (Å²) in [7, 11) is 4.00. The van der Waals surface area contributed by atoms with Crippen LogP contribution in [0.1, 0.15) is 29.8 Å². The molecule has 2 N–H and O–H groups in total. The molecule has 0 bridgehead atoms. The van der Waals surface area contributed by atoms with Gasteiger partial charge in [-0.2, -0.15) is 0 Å². The Bertz CT molecular complexity index is 831. The predicted octanol–water partition coefficient (Wildman–Crippen LogP) is 3.46. The van der Waals surface area contributed by atoms with Crippen LogP contribution >= 0.6 is 0 Å². The molecule has 0 radical (unpaired) electrons. The van der Waals surface area contributed by atoms with Crippen molar-refractivity contribution in [3.05, 3.63) is 65.2 Å². The van der Waals surface area contributed by atoms with Crippen LogP contribution in [0, 0.1) is 17.6 Å². The van der Waals surface area contributed by atoms with Gasteiger partial charge in [0.15, 0.2) is 0 Å². The summed E-state index contributed by atoms with van der Waals surface area (Å²) in [4.78, 5) is 27.1. The van der Waals surface area contributed by atoms with Crippen LogP contribution in [0.2, 0.25) is 0 Å². The molecule has 0 aliphatic rings. The van der Waals surface area contributed by atoms with Crippen molar-refractivity contribution in [1.82, 2.24) is 10.2 Å². The lowest BCUT2D eigenvalue weighted by atomic mass is 10.0. The van der Waals surface area contributed by atoms with Crippen molar-refractivity contribution >= 4 is 17.5 Å². The summed E-state index contributed by atoms with van der Waals surface area (Å²) in [6.45, 7) is 4.40. The summed E-state index contributed by atoms with van der Waals surface area (Å²) < 4.78 is 27.7. The van der Waals surface area contributed by atoms with Crippen LogP contribution in [0.5, 0.6) is 0 Å². The molecule has 0 unspecified atom stereocenters. The molecule has 0 fully saturated rings. The highest BCUT2D eigenvalue weighted by molar-refractivity contribution is 6.01. The third-order valence-electron chi connectivity index (χ3n) is 4.49. The minimum absolute atomic E-state index is 0.284. The molecule has 0 aliphatic heterocycles. The largest absolute Gasteiger partial charge is 0.340 e. The van der Waals surface area contributed by atoms with Crippen LogP contribution < -0.4 is 10.6 Å². The Morgan fingerprint density at radius 1 is 1.00 bits per heavy atom. The van der Waals surface area contributed by atoms with Gasteiger partial charge in [-0.15, -0.1) is 0 Å². The van der Waals surface area contributed by atoms with Crippen LogP contribution in [-0.2, 0) is 11.2 Å². The summed E-state index contributed by atoms with van der Waals surface area (Å²) >= 11 is 0. The van der Waals surface area contributed by atoms with Crippen molar-refractivity contribution in [3.8, 4) is 0 Å². The Hall–Kier alpha value is -2.80. The Morgan fingerprint density at radius 3 is 2.10 bits per heavy atom. The standard InChI is InChI=1S/C22H27F2N3O2/c1-14(2)20(26-21(28)19-17(23)6-5-7-18(19)24)22(29)25-16-10-8-15(9-11-16)12-13-27(3)4/h5-11,14,20H,12-13H2,1-4H3,(H,25,29)(H,26,28)/t20-/m0/s1. The number of carbonyl (C=O) groups is 2. The molecule has 0 heterocycles. The fraction of sp³-hybridized carbons (Fsp3) is 0.364. The molecule has 0 spiro atoms. The molecule has 2 rings (SSSR count). The number of halogens is 2. The summed E-state index contributed by atoms with van der Waals surface area (Å²) in [6.07, 6.45) is 0.889. The van der Waals surface area contributed by atoms with Crippen molar-refractivity contribution in [1.29, 1.82) is 0 Å². The molecular weight excluding hydrogens is 376 g/mol. The second-order valence-corrected chi connectivity index (χ2v) is 7.53. The first kappa shape index (κ1) is 22.5. The van der Waals surface area contributed by atoms with E-state index in [4.69, 9.17) is 0 Å². The lowest BCUT2D eigenvalue weighted by Crippen LogP contribution is -2.47. The zero-order valence-electron chi connectivity index (χ0n) is 17.1. The van der Waals surface area contributed by atoms with Crippen LogP contribution in [0.25, 0.3) is 0 Å². The van der Waals surface area contributed by atoms with E-state index < -0.39 is 35.1 Å². The van der Waals surface area contributed by atoms with E-state index in [0.717, 1.165) is 30.7 Å². The number of rotatable bonds is 8. The normalized spacial score (nSPS) is 12.1. The van der Waals surface area contributed by atoms with Gasteiger partial charge in [0, 0.05) is 12.2 Å². The summed E-state index contributed by atoms with van der Waals surface area (Å²) in [5.74, 6) is -3.65. The van der Waals surface area contributed by atoms with Gasteiger partial charge in [0.2, 0.25) is 5.91 Å². The third-order valence-corrected chi connectivity index (χ3v) is 4.49.